The first-order valence-electron chi connectivity index (χ1n) is 1.57. The Morgan fingerprint density at radius 2 is 2.83 bits per heavy atom. The Kier molecular flexibility index (Phi) is 1.03. The average Bonchev–Trinajstić information content (AvgIpc) is 1.86. The Morgan fingerprint density at radius 1 is 2.00 bits per heavy atom. The lowest BCUT2D eigenvalue weighted by molar-refractivity contribution is 0.245. The largest absolute Gasteiger partial charge is 0.401 e. The van der Waals surface area contributed by atoms with Crippen LogP contribution in [0.5, 0.6) is 0 Å². The van der Waals surface area contributed by atoms with Crippen molar-refractivity contribution in [2.45, 2.75) is 6.42 Å². The van der Waals surface area contributed by atoms with E-state index in [0.717, 1.165) is 0 Å². The highest BCUT2D eigenvalue weighted by molar-refractivity contribution is 7.80. The van der Waals surface area contributed by atoms with E-state index in [4.69, 9.17) is 0 Å². The summed E-state index contributed by atoms with van der Waals surface area (Å²) in [4.78, 5) is 4.52. The van der Waals surface area contributed by atoms with Crippen LogP contribution in [0.1, 0.15) is 6.42 Å². The number of hydroxylamine groups is 1. The molecule has 0 spiro atoms. The standard InChI is InChI=1S/C3H3NOS/c6-3-1-2-4-5-3/h4H,1H2. The smallest absolute Gasteiger partial charge is 0.189 e. The summed E-state index contributed by atoms with van der Waals surface area (Å²) < 4.78 is 0. The minimum atomic E-state index is 0.565. The monoisotopic (exact) mass is 101 g/mol. The van der Waals surface area contributed by atoms with E-state index < -0.39 is 0 Å². The van der Waals surface area contributed by atoms with Gasteiger partial charge >= 0.3 is 0 Å². The molecule has 2 radical (unpaired) electrons. The Morgan fingerprint density at radius 3 is 3.00 bits per heavy atom. The minimum absolute atomic E-state index is 0.565. The van der Waals surface area contributed by atoms with Crippen molar-refractivity contribution in [3.05, 3.63) is 6.54 Å². The Balaban J connectivity index is 2.37. The van der Waals surface area contributed by atoms with Crippen molar-refractivity contribution in [1.29, 1.82) is 0 Å². The zero-order valence-electron chi connectivity index (χ0n) is 3.02. The van der Waals surface area contributed by atoms with Crippen molar-refractivity contribution in [2.75, 3.05) is 0 Å². The van der Waals surface area contributed by atoms with Crippen LogP contribution in [0.25, 0.3) is 0 Å². The molecule has 1 heterocycles. The summed E-state index contributed by atoms with van der Waals surface area (Å²) in [5.74, 6) is 0. The number of thiocarbonyl (C=S) groups is 1. The summed E-state index contributed by atoms with van der Waals surface area (Å²) in [5.41, 5.74) is 2.38. The van der Waals surface area contributed by atoms with Crippen LogP contribution in [-0.4, -0.2) is 5.05 Å². The number of rotatable bonds is 0. The first-order chi connectivity index (χ1) is 2.89. The molecule has 0 atom stereocenters. The lowest BCUT2D eigenvalue weighted by atomic mass is 10.5. The van der Waals surface area contributed by atoms with Crippen molar-refractivity contribution in [3.8, 4) is 0 Å². The van der Waals surface area contributed by atoms with Crippen LogP contribution >= 0.6 is 12.2 Å². The van der Waals surface area contributed by atoms with Crippen LogP contribution in [0.4, 0.5) is 0 Å². The van der Waals surface area contributed by atoms with Crippen molar-refractivity contribution in [2.24, 2.45) is 0 Å². The lowest BCUT2D eigenvalue weighted by Gasteiger charge is -1.84. The molecular formula is C3H3NOS. The maximum absolute atomic E-state index is 4.57. The zero-order valence-corrected chi connectivity index (χ0v) is 3.84. The zero-order chi connectivity index (χ0) is 4.41. The molecule has 0 unspecified atom stereocenters. The molecule has 0 aliphatic carbocycles. The van der Waals surface area contributed by atoms with Gasteiger partial charge in [-0.05, 0) is 12.2 Å². The van der Waals surface area contributed by atoms with Crippen LogP contribution in [0.2, 0.25) is 0 Å². The van der Waals surface area contributed by atoms with Crippen molar-refractivity contribution < 1.29 is 4.84 Å². The summed E-state index contributed by atoms with van der Waals surface area (Å²) in [6, 6.07) is 0. The molecule has 1 fully saturated rings. The second-order valence-electron chi connectivity index (χ2n) is 0.930. The van der Waals surface area contributed by atoms with Gasteiger partial charge in [0.1, 0.15) is 6.54 Å². The third kappa shape index (κ3) is 0.666. The summed E-state index contributed by atoms with van der Waals surface area (Å²) in [6.45, 7) is 2.66. The Labute approximate surface area is 41.4 Å². The van der Waals surface area contributed by atoms with Gasteiger partial charge in [-0.2, -0.15) is 0 Å². The molecule has 1 saturated heterocycles. The Hall–Kier alpha value is -0.150. The SMILES string of the molecule is S=C1C[C]NO1. The van der Waals surface area contributed by atoms with Gasteiger partial charge < -0.3 is 4.84 Å². The van der Waals surface area contributed by atoms with Gasteiger partial charge in [0.2, 0.25) is 0 Å². The van der Waals surface area contributed by atoms with E-state index in [9.17, 15) is 0 Å². The van der Waals surface area contributed by atoms with Crippen LogP contribution in [0, 0.1) is 6.54 Å². The van der Waals surface area contributed by atoms with Gasteiger partial charge in [0, 0.05) is 6.42 Å². The molecule has 0 aromatic heterocycles. The minimum Gasteiger partial charge on any atom is -0.401 e. The van der Waals surface area contributed by atoms with Gasteiger partial charge in [0.25, 0.3) is 0 Å². The highest BCUT2D eigenvalue weighted by atomic mass is 32.1. The van der Waals surface area contributed by atoms with E-state index in [2.05, 4.69) is 29.1 Å². The normalized spacial score (nSPS) is 21.0. The molecule has 0 aromatic rings. The summed E-state index contributed by atoms with van der Waals surface area (Å²) >= 11 is 4.57. The van der Waals surface area contributed by atoms with Crippen LogP contribution in [-0.2, 0) is 4.84 Å². The molecule has 1 rings (SSSR count). The quantitative estimate of drug-likeness (QED) is 0.443. The van der Waals surface area contributed by atoms with E-state index in [0.29, 0.717) is 11.5 Å². The fraction of sp³-hybridized carbons (Fsp3) is 0.333. The first-order valence-corrected chi connectivity index (χ1v) is 1.98. The molecule has 6 heavy (non-hydrogen) atoms. The highest BCUT2D eigenvalue weighted by Crippen LogP contribution is 1.96. The van der Waals surface area contributed by atoms with Gasteiger partial charge in [-0.25, -0.2) is 0 Å². The van der Waals surface area contributed by atoms with E-state index in [1.807, 2.05) is 0 Å². The molecule has 0 aromatic carbocycles. The van der Waals surface area contributed by atoms with Crippen molar-refractivity contribution >= 4 is 17.3 Å². The average molecular weight is 101 g/mol. The molecule has 0 saturated carbocycles. The van der Waals surface area contributed by atoms with Gasteiger partial charge in [0.15, 0.2) is 5.05 Å². The summed E-state index contributed by atoms with van der Waals surface area (Å²) in [5, 5.41) is 0.565. The molecule has 3 heteroatoms. The fourth-order valence-electron chi connectivity index (χ4n) is 0.237. The maximum Gasteiger partial charge on any atom is 0.189 e. The first kappa shape index (κ1) is 4.02. The van der Waals surface area contributed by atoms with Crippen molar-refractivity contribution in [3.63, 3.8) is 0 Å². The molecular weight excluding hydrogens is 98.1 g/mol. The van der Waals surface area contributed by atoms with Crippen molar-refractivity contribution in [1.82, 2.24) is 5.48 Å². The molecule has 1 aliphatic heterocycles. The maximum atomic E-state index is 4.57. The van der Waals surface area contributed by atoms with Crippen LogP contribution in [0.3, 0.4) is 0 Å². The van der Waals surface area contributed by atoms with Crippen LogP contribution < -0.4 is 5.48 Å². The van der Waals surface area contributed by atoms with Gasteiger partial charge in [-0.1, -0.05) is 0 Å². The van der Waals surface area contributed by atoms with Gasteiger partial charge in [-0.15, -0.1) is 5.48 Å². The number of nitrogens with one attached hydrogen (secondary N) is 1. The Bertz CT molecular complexity index is 65.2. The van der Waals surface area contributed by atoms with E-state index in [1.54, 1.807) is 0 Å². The summed E-state index contributed by atoms with van der Waals surface area (Å²) in [7, 11) is 0. The molecule has 1 aliphatic rings. The highest BCUT2D eigenvalue weighted by Gasteiger charge is 2.05. The van der Waals surface area contributed by atoms with E-state index in [1.165, 1.54) is 0 Å². The third-order valence-corrected chi connectivity index (χ3v) is 0.697. The molecule has 0 bridgehead atoms. The van der Waals surface area contributed by atoms with Gasteiger partial charge in [-0.3, -0.25) is 0 Å². The number of hydrogen-bond acceptors (Lipinski definition) is 3. The second-order valence-corrected chi connectivity index (χ2v) is 1.39. The molecule has 0 amide bonds. The predicted molar refractivity (Wildman–Crippen MR) is 24.7 cm³/mol. The topological polar surface area (TPSA) is 21.3 Å². The molecule has 1 N–H and O–H groups in total. The molecule has 32 valence electrons. The van der Waals surface area contributed by atoms with E-state index >= 15 is 0 Å². The van der Waals surface area contributed by atoms with Gasteiger partial charge in [0.05, 0.1) is 0 Å². The van der Waals surface area contributed by atoms with Crippen LogP contribution in [0.15, 0.2) is 0 Å². The fourth-order valence-corrected chi connectivity index (χ4v) is 0.351. The second kappa shape index (κ2) is 1.53. The third-order valence-electron chi connectivity index (χ3n) is 0.470. The molecule has 2 nitrogen and oxygen atoms in total. The van der Waals surface area contributed by atoms with E-state index in [-0.39, 0.29) is 0 Å². The number of hydrogen-bond donors (Lipinski definition) is 1. The summed E-state index contributed by atoms with van der Waals surface area (Å²) in [6.07, 6.45) is 0.634. The lowest BCUT2D eigenvalue weighted by Crippen LogP contribution is -1.99. The predicted octanol–water partition coefficient (Wildman–Crippen LogP) is 0.277.